The zero-order valence-electron chi connectivity index (χ0n) is 29.7. The van der Waals surface area contributed by atoms with Gasteiger partial charge < -0.3 is 0 Å². The van der Waals surface area contributed by atoms with Gasteiger partial charge in [0, 0.05) is 12.1 Å². The van der Waals surface area contributed by atoms with Gasteiger partial charge in [-0.3, -0.25) is 0 Å². The molecule has 0 fully saturated rings. The van der Waals surface area contributed by atoms with Crippen molar-refractivity contribution in [3.8, 4) is 11.4 Å². The molecule has 0 aliphatic heterocycles. The highest BCUT2D eigenvalue weighted by atomic mass is 15.5. The van der Waals surface area contributed by atoms with Gasteiger partial charge in [-0.1, -0.05) is 106 Å². The Morgan fingerprint density at radius 3 is 1.11 bits per heavy atom. The average molecular weight is 625 g/mol. The van der Waals surface area contributed by atoms with Crippen LogP contribution in [0.4, 0.5) is 0 Å². The molecule has 0 aliphatic carbocycles. The first-order valence-electron chi connectivity index (χ1n) is 16.7. The van der Waals surface area contributed by atoms with Gasteiger partial charge in [-0.25, -0.2) is 0 Å². The molecule has 2 heterocycles. The minimum absolute atomic E-state index is 0.0755. The molecule has 6 aromatic rings. The van der Waals surface area contributed by atoms with E-state index in [1.807, 2.05) is 48.5 Å². The van der Waals surface area contributed by atoms with Gasteiger partial charge in [0.15, 0.2) is 0 Å². The number of nitrogens with zero attached hydrogens (tertiary/aromatic N) is 6. The largest absolute Gasteiger partial charge is 0.150 e. The van der Waals surface area contributed by atoms with E-state index in [1.165, 1.54) is 11.1 Å². The average Bonchev–Trinajstić information content (AvgIpc) is 3.59. The van der Waals surface area contributed by atoms with E-state index < -0.39 is 0 Å². The zero-order chi connectivity index (χ0) is 33.8. The number of benzene rings is 4. The van der Waals surface area contributed by atoms with Crippen LogP contribution in [-0.2, 0) is 17.3 Å². The van der Waals surface area contributed by atoms with E-state index in [9.17, 15) is 0 Å². The summed E-state index contributed by atoms with van der Waals surface area (Å²) in [5.41, 5.74) is 10.0. The summed E-state index contributed by atoms with van der Waals surface area (Å²) in [6, 6.07) is 32.5. The summed E-state index contributed by atoms with van der Waals surface area (Å²) >= 11 is 0. The van der Waals surface area contributed by atoms with Crippen molar-refractivity contribution in [2.75, 3.05) is 0 Å². The van der Waals surface area contributed by atoms with Crippen LogP contribution in [0.3, 0.4) is 0 Å². The van der Waals surface area contributed by atoms with Gasteiger partial charge in [-0.2, -0.15) is 0 Å². The summed E-state index contributed by atoms with van der Waals surface area (Å²) in [6.45, 7) is 23.2. The number of aromatic nitrogens is 6. The van der Waals surface area contributed by atoms with Crippen LogP contribution in [0.1, 0.15) is 104 Å². The van der Waals surface area contributed by atoms with Crippen molar-refractivity contribution in [3.05, 3.63) is 107 Å². The molecule has 0 spiro atoms. The van der Waals surface area contributed by atoms with Crippen LogP contribution in [0.25, 0.3) is 33.4 Å². The van der Waals surface area contributed by atoms with Crippen LogP contribution in [-0.4, -0.2) is 30.0 Å². The zero-order valence-corrected chi connectivity index (χ0v) is 29.7. The molecule has 0 amide bonds. The maximum Gasteiger partial charge on any atom is 0.113 e. The standard InChI is InChI=1S/C41H48N6/c1-38(2,3)26-40(7,8)30-20-28(22-32(24-30)46-42-34-15-11-12-16-35(34)43-46)19-29-21-31(41(9,10)27-39(4,5)6)25-33(23-29)47-44-36-17-13-14-18-37(36)45-47/h11-18,20-21,24-25H,19,26-27H2,1-10H3. The SMILES string of the molecule is CC(C)(C)CC(C)(C)c1cc(Cc2[c]c(-n3nc4ccccc4n3)cc(C(C)(C)CC(C)(C)C)c2)[c]c(-n2nc3ccccc3n2)c1. The minimum atomic E-state index is -0.0755. The quantitative estimate of drug-likeness (QED) is 0.169. The Morgan fingerprint density at radius 1 is 0.489 bits per heavy atom. The summed E-state index contributed by atoms with van der Waals surface area (Å²) in [7, 11) is 0. The molecule has 6 heteroatoms. The molecule has 0 unspecified atom stereocenters. The van der Waals surface area contributed by atoms with E-state index in [-0.39, 0.29) is 21.7 Å². The predicted molar refractivity (Wildman–Crippen MR) is 192 cm³/mol. The fourth-order valence-electron chi connectivity index (χ4n) is 7.41. The van der Waals surface area contributed by atoms with Crippen molar-refractivity contribution in [1.82, 2.24) is 30.0 Å². The highest BCUT2D eigenvalue weighted by Crippen LogP contribution is 2.39. The van der Waals surface area contributed by atoms with E-state index in [0.29, 0.717) is 6.42 Å². The Labute approximate surface area is 280 Å². The van der Waals surface area contributed by atoms with Gasteiger partial charge in [0.05, 0.1) is 11.4 Å². The Morgan fingerprint density at radius 2 is 0.809 bits per heavy atom. The molecule has 2 radical (unpaired) electrons. The lowest BCUT2D eigenvalue weighted by Gasteiger charge is -2.34. The fourth-order valence-corrected chi connectivity index (χ4v) is 7.41. The third kappa shape index (κ3) is 7.48. The number of hydrogen-bond acceptors (Lipinski definition) is 4. The summed E-state index contributed by atoms with van der Waals surface area (Å²) in [6.07, 6.45) is 2.71. The van der Waals surface area contributed by atoms with Crippen LogP contribution < -0.4 is 0 Å². The Bertz CT molecular complexity index is 1830. The van der Waals surface area contributed by atoms with Crippen molar-refractivity contribution >= 4 is 22.1 Å². The van der Waals surface area contributed by atoms with Crippen molar-refractivity contribution < 1.29 is 0 Å². The smallest absolute Gasteiger partial charge is 0.113 e. The molecule has 47 heavy (non-hydrogen) atoms. The van der Waals surface area contributed by atoms with Crippen LogP contribution in [0.2, 0.25) is 0 Å². The second kappa shape index (κ2) is 11.7. The third-order valence-corrected chi connectivity index (χ3v) is 8.71. The van der Waals surface area contributed by atoms with Gasteiger partial charge >= 0.3 is 0 Å². The maximum absolute atomic E-state index is 4.83. The molecule has 242 valence electrons. The van der Waals surface area contributed by atoms with E-state index in [1.54, 1.807) is 9.59 Å². The monoisotopic (exact) mass is 624 g/mol. The second-order valence-electron chi connectivity index (χ2n) is 16.9. The van der Waals surface area contributed by atoms with Gasteiger partial charge in [-0.05, 0) is 99.6 Å². The second-order valence-corrected chi connectivity index (χ2v) is 16.9. The molecule has 6 nitrogen and oxygen atoms in total. The number of hydrogen-bond donors (Lipinski definition) is 0. The highest BCUT2D eigenvalue weighted by molar-refractivity contribution is 5.74. The van der Waals surface area contributed by atoms with Gasteiger partial charge in [0.1, 0.15) is 22.1 Å². The van der Waals surface area contributed by atoms with E-state index >= 15 is 0 Å². The lowest BCUT2D eigenvalue weighted by Crippen LogP contribution is -2.25. The normalized spacial score (nSPS) is 13.1. The van der Waals surface area contributed by atoms with Crippen molar-refractivity contribution in [1.29, 1.82) is 0 Å². The predicted octanol–water partition coefficient (Wildman–Crippen LogP) is 9.77. The summed E-state index contributed by atoms with van der Waals surface area (Å²) < 4.78 is 0. The summed E-state index contributed by atoms with van der Waals surface area (Å²) in [5.74, 6) is 0. The molecule has 0 N–H and O–H groups in total. The summed E-state index contributed by atoms with van der Waals surface area (Å²) in [5, 5.41) is 19.3. The lowest BCUT2D eigenvalue weighted by molar-refractivity contribution is 0.283. The molecular formula is C41H48N6. The first kappa shape index (κ1) is 32.6. The van der Waals surface area contributed by atoms with E-state index in [2.05, 4.69) is 106 Å². The molecule has 0 bridgehead atoms. The molecule has 0 aliphatic rings. The summed E-state index contributed by atoms with van der Waals surface area (Å²) in [4.78, 5) is 3.48. The molecule has 2 aromatic heterocycles. The minimum Gasteiger partial charge on any atom is -0.150 e. The maximum atomic E-state index is 4.83. The highest BCUT2D eigenvalue weighted by Gasteiger charge is 2.30. The molecular weight excluding hydrogens is 576 g/mol. The number of fused-ring (bicyclic) bond motifs is 2. The van der Waals surface area contributed by atoms with Gasteiger partial charge in [-0.15, -0.1) is 30.0 Å². The lowest BCUT2D eigenvalue weighted by atomic mass is 9.71. The Balaban J connectivity index is 1.48. The van der Waals surface area contributed by atoms with Crippen LogP contribution in [0.5, 0.6) is 0 Å². The van der Waals surface area contributed by atoms with Gasteiger partial charge in [0.2, 0.25) is 0 Å². The van der Waals surface area contributed by atoms with Crippen molar-refractivity contribution in [2.45, 2.75) is 99.3 Å². The van der Waals surface area contributed by atoms with Crippen LogP contribution in [0.15, 0.2) is 72.8 Å². The van der Waals surface area contributed by atoms with E-state index in [4.69, 9.17) is 20.4 Å². The molecule has 0 atom stereocenters. The Kier molecular flexibility index (Phi) is 8.14. The van der Waals surface area contributed by atoms with Crippen LogP contribution >= 0.6 is 0 Å². The third-order valence-electron chi connectivity index (χ3n) is 8.71. The number of rotatable bonds is 8. The topological polar surface area (TPSA) is 61.4 Å². The molecule has 6 rings (SSSR count). The first-order valence-corrected chi connectivity index (χ1v) is 16.7. The van der Waals surface area contributed by atoms with Gasteiger partial charge in [0.25, 0.3) is 0 Å². The Hall–Kier alpha value is -4.32. The molecule has 0 saturated carbocycles. The molecule has 4 aromatic carbocycles. The first-order chi connectivity index (χ1) is 21.9. The molecule has 0 saturated heterocycles. The van der Waals surface area contributed by atoms with E-state index in [0.717, 1.165) is 57.4 Å². The van der Waals surface area contributed by atoms with Crippen LogP contribution in [0, 0.1) is 23.0 Å². The van der Waals surface area contributed by atoms with Crippen molar-refractivity contribution in [2.24, 2.45) is 10.8 Å². The fraction of sp³-hybridized carbons (Fsp3) is 0.415. The van der Waals surface area contributed by atoms with Crippen molar-refractivity contribution in [3.63, 3.8) is 0 Å².